The van der Waals surface area contributed by atoms with Crippen molar-refractivity contribution in [3.05, 3.63) is 45.4 Å². The molecular weight excluding hydrogens is 440 g/mol. The monoisotopic (exact) mass is 480 g/mol. The van der Waals surface area contributed by atoms with Gasteiger partial charge in [-0.15, -0.1) is 11.8 Å². The number of thioether (sulfide) groups is 2. The molecule has 178 valence electrons. The maximum Gasteiger partial charge on any atom is 0.172 e. The van der Waals surface area contributed by atoms with E-state index in [0.29, 0.717) is 39.6 Å². The number of carbonyl (C=O) groups excluding carboxylic acids is 1. The van der Waals surface area contributed by atoms with E-state index < -0.39 is 0 Å². The first-order valence-corrected chi connectivity index (χ1v) is 15.3. The molecule has 0 aliphatic heterocycles. The normalized spacial score (nSPS) is 40.0. The van der Waals surface area contributed by atoms with Crippen LogP contribution in [0, 0.1) is 61.2 Å². The maximum absolute atomic E-state index is 13.4. The van der Waals surface area contributed by atoms with Crippen molar-refractivity contribution in [1.29, 1.82) is 0 Å². The number of fused-ring (bicyclic) bond motifs is 7. The van der Waals surface area contributed by atoms with Crippen molar-refractivity contribution in [2.75, 3.05) is 5.75 Å². The van der Waals surface area contributed by atoms with Crippen molar-refractivity contribution in [3.63, 3.8) is 0 Å². The largest absolute Gasteiger partial charge is 0.293 e. The SMILES string of the molecule is Cc1cc(C)c(CSC[C@]23CC[C@H](C[C@H]2SC2=CC4C5CCC(C5)C4C2=O)C3(C)C)c(C)c1. The summed E-state index contributed by atoms with van der Waals surface area (Å²) in [6.07, 6.45) is 10.5. The fourth-order valence-electron chi connectivity index (χ4n) is 8.91. The fraction of sp³-hybridized carbons (Fsp3) is 0.700. The molecular formula is C30H40OS2. The summed E-state index contributed by atoms with van der Waals surface area (Å²) in [4.78, 5) is 14.6. The molecule has 4 unspecified atom stereocenters. The van der Waals surface area contributed by atoms with Crippen LogP contribution in [0.2, 0.25) is 0 Å². The van der Waals surface area contributed by atoms with E-state index in [0.717, 1.165) is 17.6 Å². The average molecular weight is 481 g/mol. The first kappa shape index (κ1) is 22.8. The van der Waals surface area contributed by atoms with Crippen LogP contribution in [0.3, 0.4) is 0 Å². The van der Waals surface area contributed by atoms with Crippen LogP contribution < -0.4 is 0 Å². The predicted molar refractivity (Wildman–Crippen MR) is 143 cm³/mol. The summed E-state index contributed by atoms with van der Waals surface area (Å²) in [5.41, 5.74) is 6.54. The van der Waals surface area contributed by atoms with E-state index in [4.69, 9.17) is 0 Å². The van der Waals surface area contributed by atoms with Crippen molar-refractivity contribution < 1.29 is 4.79 Å². The van der Waals surface area contributed by atoms with Gasteiger partial charge in [0, 0.05) is 27.6 Å². The summed E-state index contributed by atoms with van der Waals surface area (Å²) in [5, 5.41) is 0.616. The van der Waals surface area contributed by atoms with Crippen molar-refractivity contribution in [3.8, 4) is 0 Å². The molecule has 5 aliphatic rings. The molecule has 4 saturated carbocycles. The van der Waals surface area contributed by atoms with E-state index in [-0.39, 0.29) is 0 Å². The third-order valence-corrected chi connectivity index (χ3v) is 13.7. The van der Waals surface area contributed by atoms with E-state index in [1.165, 1.54) is 71.4 Å². The third kappa shape index (κ3) is 3.30. The van der Waals surface area contributed by atoms with Gasteiger partial charge in [0.05, 0.1) is 0 Å². The van der Waals surface area contributed by atoms with Crippen LogP contribution >= 0.6 is 23.5 Å². The lowest BCUT2D eigenvalue weighted by molar-refractivity contribution is -0.119. The van der Waals surface area contributed by atoms with Gasteiger partial charge in [0.2, 0.25) is 0 Å². The van der Waals surface area contributed by atoms with Crippen LogP contribution in [0.4, 0.5) is 0 Å². The number of Topliss-reactive ketones (excluding diaryl/α,β-unsaturated/α-hetero) is 1. The molecule has 0 radical (unpaired) electrons. The van der Waals surface area contributed by atoms with E-state index >= 15 is 0 Å². The Morgan fingerprint density at radius 2 is 1.73 bits per heavy atom. The number of allylic oxidation sites excluding steroid dienone is 2. The van der Waals surface area contributed by atoms with Gasteiger partial charge < -0.3 is 0 Å². The molecule has 7 atom stereocenters. The smallest absolute Gasteiger partial charge is 0.172 e. The number of aryl methyl sites for hydroxylation is 3. The highest BCUT2D eigenvalue weighted by Crippen LogP contribution is 2.70. The Bertz CT molecular complexity index is 999. The van der Waals surface area contributed by atoms with Gasteiger partial charge in [-0.25, -0.2) is 0 Å². The number of benzene rings is 1. The van der Waals surface area contributed by atoms with Gasteiger partial charge in [-0.3, -0.25) is 4.79 Å². The fourth-order valence-corrected chi connectivity index (χ4v) is 12.7. The molecule has 0 heterocycles. The zero-order chi connectivity index (χ0) is 23.1. The first-order chi connectivity index (χ1) is 15.7. The lowest BCUT2D eigenvalue weighted by Gasteiger charge is -2.42. The van der Waals surface area contributed by atoms with E-state index in [9.17, 15) is 4.79 Å². The molecule has 5 aliphatic carbocycles. The van der Waals surface area contributed by atoms with Gasteiger partial charge in [-0.05, 0) is 110 Å². The Morgan fingerprint density at radius 1 is 1.00 bits per heavy atom. The van der Waals surface area contributed by atoms with E-state index in [1.54, 1.807) is 0 Å². The predicted octanol–water partition coefficient (Wildman–Crippen LogP) is 7.90. The minimum atomic E-state index is 0.357. The molecule has 0 saturated heterocycles. The number of hydrogen-bond acceptors (Lipinski definition) is 3. The summed E-state index contributed by atoms with van der Waals surface area (Å²) in [6.45, 7) is 11.9. The third-order valence-electron chi connectivity index (χ3n) is 10.9. The molecule has 1 aromatic carbocycles. The molecule has 3 heteroatoms. The van der Waals surface area contributed by atoms with Crippen molar-refractivity contribution >= 4 is 29.3 Å². The lowest BCUT2D eigenvalue weighted by Crippen LogP contribution is -2.40. The van der Waals surface area contributed by atoms with Crippen LogP contribution in [-0.2, 0) is 10.5 Å². The van der Waals surface area contributed by atoms with Gasteiger partial charge in [0.1, 0.15) is 0 Å². The van der Waals surface area contributed by atoms with Crippen LogP contribution in [-0.4, -0.2) is 16.8 Å². The molecule has 6 rings (SSSR count). The average Bonchev–Trinajstić information content (AvgIpc) is 3.52. The second-order valence-electron chi connectivity index (χ2n) is 12.7. The second-order valence-corrected chi connectivity index (χ2v) is 14.9. The molecule has 0 spiro atoms. The molecule has 0 amide bonds. The Balaban J connectivity index is 1.20. The van der Waals surface area contributed by atoms with Gasteiger partial charge >= 0.3 is 0 Å². The van der Waals surface area contributed by atoms with Crippen LogP contribution in [0.1, 0.15) is 74.6 Å². The van der Waals surface area contributed by atoms with Crippen molar-refractivity contribution in [2.45, 2.75) is 84.1 Å². The lowest BCUT2D eigenvalue weighted by atomic mass is 9.70. The number of carbonyl (C=O) groups is 1. The molecule has 0 aromatic heterocycles. The van der Waals surface area contributed by atoms with Crippen LogP contribution in [0.15, 0.2) is 23.1 Å². The summed E-state index contributed by atoms with van der Waals surface area (Å²) >= 11 is 4.19. The molecule has 0 N–H and O–H groups in total. The van der Waals surface area contributed by atoms with Gasteiger partial charge in [-0.2, -0.15) is 11.8 Å². The highest BCUT2D eigenvalue weighted by molar-refractivity contribution is 8.04. The molecule has 1 aromatic rings. The first-order valence-electron chi connectivity index (χ1n) is 13.3. The van der Waals surface area contributed by atoms with Gasteiger partial charge in [0.15, 0.2) is 5.78 Å². The second kappa shape index (κ2) is 7.92. The Hall–Kier alpha value is -0.670. The standard InChI is InChI=1S/C30H40OS2/c1-17-10-18(2)24(19(3)11-17)15-32-16-30-9-8-22(29(30,4)5)13-26(30)33-25-14-23-20-6-7-21(12-20)27(23)28(25)31/h10-11,14,20-23,26-27H,6-9,12-13,15-16H2,1-5H3/t20?,21?,22-,23?,26-,27?,30-/m1/s1. The van der Waals surface area contributed by atoms with Crippen molar-refractivity contribution in [2.24, 2.45) is 40.4 Å². The zero-order valence-electron chi connectivity index (χ0n) is 21.1. The number of ketones is 1. The summed E-state index contributed by atoms with van der Waals surface area (Å²) in [5.74, 6) is 6.16. The molecule has 4 bridgehead atoms. The summed E-state index contributed by atoms with van der Waals surface area (Å²) < 4.78 is 0. The van der Waals surface area contributed by atoms with Crippen LogP contribution in [0.5, 0.6) is 0 Å². The Labute approximate surface area is 209 Å². The molecule has 33 heavy (non-hydrogen) atoms. The van der Waals surface area contributed by atoms with Crippen molar-refractivity contribution in [1.82, 2.24) is 0 Å². The minimum absolute atomic E-state index is 0.357. The van der Waals surface area contributed by atoms with E-state index in [1.807, 2.05) is 11.8 Å². The minimum Gasteiger partial charge on any atom is -0.293 e. The van der Waals surface area contributed by atoms with Gasteiger partial charge in [-0.1, -0.05) is 37.6 Å². The highest BCUT2D eigenvalue weighted by atomic mass is 32.2. The van der Waals surface area contributed by atoms with Crippen LogP contribution in [0.25, 0.3) is 0 Å². The topological polar surface area (TPSA) is 17.1 Å². The summed E-state index contributed by atoms with van der Waals surface area (Å²) in [6, 6.07) is 4.68. The molecule has 4 fully saturated rings. The maximum atomic E-state index is 13.4. The Kier molecular flexibility index (Phi) is 5.46. The zero-order valence-corrected chi connectivity index (χ0v) is 22.7. The molecule has 1 nitrogen and oxygen atoms in total. The Morgan fingerprint density at radius 3 is 2.42 bits per heavy atom. The van der Waals surface area contributed by atoms with E-state index in [2.05, 4.69) is 64.6 Å². The number of hydrogen-bond donors (Lipinski definition) is 0. The summed E-state index contributed by atoms with van der Waals surface area (Å²) in [7, 11) is 0. The number of rotatable bonds is 6. The highest BCUT2D eigenvalue weighted by Gasteiger charge is 2.64. The quantitative estimate of drug-likeness (QED) is 0.412. The van der Waals surface area contributed by atoms with Gasteiger partial charge in [0.25, 0.3) is 0 Å².